The maximum absolute atomic E-state index is 14.5. The number of amides is 2. The van der Waals surface area contributed by atoms with Crippen molar-refractivity contribution in [3.63, 3.8) is 0 Å². The summed E-state index contributed by atoms with van der Waals surface area (Å²) in [5, 5.41) is 10.5. The zero-order valence-electron chi connectivity index (χ0n) is 27.6. The van der Waals surface area contributed by atoms with Gasteiger partial charge in [0.1, 0.15) is 38.2 Å². The molecule has 0 unspecified atom stereocenters. The van der Waals surface area contributed by atoms with E-state index in [0.717, 1.165) is 73.9 Å². The summed E-state index contributed by atoms with van der Waals surface area (Å²) in [6.07, 6.45) is 7.66. The van der Waals surface area contributed by atoms with E-state index in [4.69, 9.17) is 30.8 Å². The third-order valence-electron chi connectivity index (χ3n) is 8.41. The van der Waals surface area contributed by atoms with Crippen LogP contribution in [0.2, 0.25) is 0 Å². The van der Waals surface area contributed by atoms with E-state index in [1.807, 2.05) is 60.7 Å². The Kier molecular flexibility index (Phi) is 15.0. The molecule has 1 aliphatic heterocycles. The first kappa shape index (κ1) is 36.2. The van der Waals surface area contributed by atoms with Gasteiger partial charge in [0.25, 0.3) is 5.91 Å². The molecule has 2 aliphatic rings. The molecule has 1 aliphatic carbocycles. The fourth-order valence-electron chi connectivity index (χ4n) is 5.96. The number of piperidine rings is 1. The van der Waals surface area contributed by atoms with E-state index in [1.165, 1.54) is 0 Å². The maximum Gasteiger partial charge on any atom is 0.417 e. The molecule has 13 heteroatoms. The van der Waals surface area contributed by atoms with Crippen molar-refractivity contribution in [2.24, 2.45) is 27.5 Å². The van der Waals surface area contributed by atoms with Crippen molar-refractivity contribution in [1.29, 1.82) is 0 Å². The summed E-state index contributed by atoms with van der Waals surface area (Å²) < 4.78 is 11.1. The Balaban J connectivity index is 1.57. The first-order valence-electron chi connectivity index (χ1n) is 16.9. The molecule has 1 saturated heterocycles. The topological polar surface area (TPSA) is 183 Å². The number of ether oxygens (including phenoxy) is 2. The Morgan fingerprint density at radius 2 is 1.52 bits per heavy atom. The van der Waals surface area contributed by atoms with Gasteiger partial charge in [-0.1, -0.05) is 99.2 Å². The van der Waals surface area contributed by atoms with Gasteiger partial charge in [-0.15, -0.1) is 0 Å². The van der Waals surface area contributed by atoms with Crippen LogP contribution in [0.15, 0.2) is 70.8 Å². The number of aliphatic imine (C=N–C) groups is 1. The van der Waals surface area contributed by atoms with Gasteiger partial charge in [-0.2, -0.15) is 0 Å². The van der Waals surface area contributed by atoms with E-state index in [-0.39, 0.29) is 44.3 Å². The summed E-state index contributed by atoms with van der Waals surface area (Å²) in [6.45, 7) is 0.526. The fourth-order valence-corrected chi connectivity index (χ4v) is 5.96. The van der Waals surface area contributed by atoms with Gasteiger partial charge < -0.3 is 36.4 Å². The van der Waals surface area contributed by atoms with Crippen molar-refractivity contribution in [2.75, 3.05) is 26.2 Å². The third-order valence-corrected chi connectivity index (χ3v) is 8.41. The SMILES string of the molecule is NC(N)=NOCCN=C(N[C@H](CC1CCCCC1)C(=O)N(CC(=O)OCc1ccccc1)C(=O)OCc1ccccc1)[C@@H]1CCCCN1. The number of hydrogen-bond acceptors (Lipinski definition) is 9. The molecule has 1 saturated carbocycles. The van der Waals surface area contributed by atoms with Crippen LogP contribution in [0.3, 0.4) is 0 Å². The van der Waals surface area contributed by atoms with E-state index in [1.54, 1.807) is 0 Å². The molecule has 0 bridgehead atoms. The van der Waals surface area contributed by atoms with Crippen LogP contribution in [0.25, 0.3) is 0 Å². The predicted molar refractivity (Wildman–Crippen MR) is 182 cm³/mol. The van der Waals surface area contributed by atoms with E-state index in [2.05, 4.69) is 15.8 Å². The molecule has 0 spiro atoms. The summed E-state index contributed by atoms with van der Waals surface area (Å²) >= 11 is 0. The minimum atomic E-state index is -0.920. The second-order valence-electron chi connectivity index (χ2n) is 12.2. The average molecular weight is 664 g/mol. The van der Waals surface area contributed by atoms with Gasteiger partial charge >= 0.3 is 12.1 Å². The highest BCUT2D eigenvalue weighted by Crippen LogP contribution is 2.28. The molecule has 6 N–H and O–H groups in total. The minimum Gasteiger partial charge on any atom is -0.459 e. The molecule has 0 radical (unpaired) electrons. The third kappa shape index (κ3) is 12.5. The first-order valence-corrected chi connectivity index (χ1v) is 16.9. The van der Waals surface area contributed by atoms with E-state index in [0.29, 0.717) is 12.3 Å². The van der Waals surface area contributed by atoms with Gasteiger partial charge in [0.05, 0.1) is 12.6 Å². The zero-order valence-corrected chi connectivity index (χ0v) is 27.6. The molecule has 2 amide bonds. The Labute approximate surface area is 282 Å². The van der Waals surface area contributed by atoms with E-state index >= 15 is 0 Å². The molecule has 0 aromatic heterocycles. The Bertz CT molecular complexity index is 1340. The Morgan fingerprint density at radius 1 is 0.875 bits per heavy atom. The summed E-state index contributed by atoms with van der Waals surface area (Å²) in [6, 6.07) is 17.4. The number of carbonyl (C=O) groups is 3. The molecule has 260 valence electrons. The van der Waals surface area contributed by atoms with Crippen LogP contribution in [0.1, 0.15) is 68.9 Å². The number of guanidine groups is 1. The van der Waals surface area contributed by atoms with E-state index in [9.17, 15) is 14.4 Å². The van der Waals surface area contributed by atoms with Crippen LogP contribution >= 0.6 is 0 Å². The number of amidine groups is 1. The highest BCUT2D eigenvalue weighted by molar-refractivity contribution is 6.00. The molecule has 4 rings (SSSR count). The van der Waals surface area contributed by atoms with Crippen molar-refractivity contribution in [3.05, 3.63) is 71.8 Å². The van der Waals surface area contributed by atoms with Gasteiger partial charge in [-0.05, 0) is 48.0 Å². The van der Waals surface area contributed by atoms with Crippen LogP contribution in [-0.4, -0.2) is 73.0 Å². The van der Waals surface area contributed by atoms with Crippen LogP contribution in [0.4, 0.5) is 4.79 Å². The largest absolute Gasteiger partial charge is 0.459 e. The summed E-state index contributed by atoms with van der Waals surface area (Å²) in [5.74, 6) is -0.638. The van der Waals surface area contributed by atoms with Crippen molar-refractivity contribution < 1.29 is 28.7 Å². The lowest BCUT2D eigenvalue weighted by atomic mass is 9.84. The number of carbonyl (C=O) groups excluding carboxylic acids is 3. The zero-order chi connectivity index (χ0) is 34.0. The lowest BCUT2D eigenvalue weighted by Gasteiger charge is -2.33. The lowest BCUT2D eigenvalue weighted by molar-refractivity contribution is -0.150. The maximum atomic E-state index is 14.5. The van der Waals surface area contributed by atoms with Gasteiger partial charge in [0.15, 0.2) is 0 Å². The molecule has 48 heavy (non-hydrogen) atoms. The van der Waals surface area contributed by atoms with Crippen LogP contribution in [0, 0.1) is 5.92 Å². The molecule has 2 aromatic rings. The highest BCUT2D eigenvalue weighted by Gasteiger charge is 2.35. The number of nitrogens with one attached hydrogen (secondary N) is 2. The molecule has 2 aromatic carbocycles. The lowest BCUT2D eigenvalue weighted by Crippen LogP contribution is -2.56. The predicted octanol–water partition coefficient (Wildman–Crippen LogP) is 3.57. The fraction of sp³-hybridized carbons (Fsp3) is 0.514. The second kappa shape index (κ2) is 19.9. The molecule has 2 atom stereocenters. The number of imide groups is 1. The second-order valence-corrected chi connectivity index (χ2v) is 12.2. The monoisotopic (exact) mass is 663 g/mol. The number of esters is 1. The first-order chi connectivity index (χ1) is 23.4. The summed E-state index contributed by atoms with van der Waals surface area (Å²) in [4.78, 5) is 51.9. The number of nitrogens with zero attached hydrogens (tertiary/aromatic N) is 3. The summed E-state index contributed by atoms with van der Waals surface area (Å²) in [5.41, 5.74) is 12.3. The highest BCUT2D eigenvalue weighted by atomic mass is 16.6. The number of benzene rings is 2. The minimum absolute atomic E-state index is 0.0105. The quantitative estimate of drug-likeness (QED) is 0.0723. The van der Waals surface area contributed by atoms with Gasteiger partial charge in [0, 0.05) is 0 Å². The Hall–Kier alpha value is -4.65. The van der Waals surface area contributed by atoms with Crippen LogP contribution in [0.5, 0.6) is 0 Å². The molecule has 1 heterocycles. The number of hydrogen-bond donors (Lipinski definition) is 4. The average Bonchev–Trinajstić information content (AvgIpc) is 3.12. The van der Waals surface area contributed by atoms with Crippen molar-refractivity contribution in [2.45, 2.75) is 83.1 Å². The van der Waals surface area contributed by atoms with Crippen molar-refractivity contribution >= 4 is 29.8 Å². The van der Waals surface area contributed by atoms with E-state index < -0.39 is 30.6 Å². The van der Waals surface area contributed by atoms with Crippen molar-refractivity contribution in [1.82, 2.24) is 15.5 Å². The summed E-state index contributed by atoms with van der Waals surface area (Å²) in [7, 11) is 0. The number of rotatable bonds is 15. The van der Waals surface area contributed by atoms with Crippen LogP contribution < -0.4 is 22.1 Å². The molecule has 13 nitrogen and oxygen atoms in total. The molecule has 2 fully saturated rings. The van der Waals surface area contributed by atoms with Crippen LogP contribution in [-0.2, 0) is 37.1 Å². The number of nitrogens with two attached hydrogens (primary N) is 2. The van der Waals surface area contributed by atoms with Gasteiger partial charge in [-0.25, -0.2) is 9.69 Å². The molecular weight excluding hydrogens is 614 g/mol. The van der Waals surface area contributed by atoms with Gasteiger partial charge in [0.2, 0.25) is 5.96 Å². The van der Waals surface area contributed by atoms with Gasteiger partial charge in [-0.3, -0.25) is 14.6 Å². The normalized spacial score (nSPS) is 17.4. The standard InChI is InChI=1S/C35H49N7O6/c36-34(37)41-48-21-20-39-32(29-18-10-11-19-38-29)40-30(22-26-12-4-1-5-13-26)33(44)42(35(45)47-25-28-16-8-3-9-17-28)23-31(43)46-24-27-14-6-2-7-15-27/h2-3,6-9,14-17,26,29-30,38H,1,4-5,10-13,18-25H2,(H,39,40)(H4,36,37,41)/t29-,30+/m0/s1. The number of oxime groups is 1. The smallest absolute Gasteiger partial charge is 0.417 e. The molecular formula is C35H49N7O6. The van der Waals surface area contributed by atoms with Crippen molar-refractivity contribution in [3.8, 4) is 0 Å². The Morgan fingerprint density at radius 3 is 2.15 bits per heavy atom.